The maximum atomic E-state index is 11.3. The summed E-state index contributed by atoms with van der Waals surface area (Å²) < 4.78 is 4.65. The summed E-state index contributed by atoms with van der Waals surface area (Å²) in [5.74, 6) is -0.362. The zero-order valence-electron chi connectivity index (χ0n) is 9.85. The number of methoxy groups -OCH3 is 1. The van der Waals surface area contributed by atoms with Gasteiger partial charge in [0.25, 0.3) is 0 Å². The van der Waals surface area contributed by atoms with E-state index in [4.69, 9.17) is 0 Å². The molecule has 0 saturated heterocycles. The van der Waals surface area contributed by atoms with E-state index in [0.29, 0.717) is 4.88 Å². The van der Waals surface area contributed by atoms with Gasteiger partial charge in [0, 0.05) is 6.20 Å². The number of hydrogen-bond acceptors (Lipinski definition) is 5. The second-order valence-corrected chi connectivity index (χ2v) is 4.73. The summed E-state index contributed by atoms with van der Waals surface area (Å²) in [7, 11) is 1.36. The third-order valence-electron chi connectivity index (χ3n) is 2.31. The number of aryl methyl sites for hydroxylation is 2. The highest BCUT2D eigenvalue weighted by atomic mass is 32.1. The molecule has 0 fully saturated rings. The lowest BCUT2D eigenvalue weighted by molar-refractivity contribution is 0.0606. The number of nitrogens with zero attached hydrogens (tertiary/aromatic N) is 2. The van der Waals surface area contributed by atoms with Gasteiger partial charge in [-0.1, -0.05) is 6.07 Å². The number of pyridine rings is 1. The van der Waals surface area contributed by atoms with Crippen molar-refractivity contribution in [2.75, 3.05) is 7.11 Å². The Balaban J connectivity index is 2.40. The van der Waals surface area contributed by atoms with Gasteiger partial charge in [0.1, 0.15) is 15.6 Å². The first-order valence-electron chi connectivity index (χ1n) is 5.09. The van der Waals surface area contributed by atoms with Gasteiger partial charge in [-0.2, -0.15) is 0 Å². The molecule has 0 atom stereocenters. The molecule has 5 heteroatoms. The molecule has 0 saturated carbocycles. The molecule has 17 heavy (non-hydrogen) atoms. The molecule has 0 aliphatic carbocycles. The Bertz CT molecular complexity index is 563. The molecule has 0 spiro atoms. The van der Waals surface area contributed by atoms with Crippen LogP contribution in [-0.2, 0) is 4.74 Å². The van der Waals surface area contributed by atoms with Crippen LogP contribution in [0.25, 0.3) is 10.7 Å². The summed E-state index contributed by atoms with van der Waals surface area (Å²) in [6.45, 7) is 3.97. The largest absolute Gasteiger partial charge is 0.465 e. The first-order chi connectivity index (χ1) is 8.11. The molecule has 2 rings (SSSR count). The van der Waals surface area contributed by atoms with E-state index >= 15 is 0 Å². The molecule has 0 radical (unpaired) electrons. The van der Waals surface area contributed by atoms with Crippen molar-refractivity contribution < 1.29 is 9.53 Å². The predicted molar refractivity (Wildman–Crippen MR) is 66.2 cm³/mol. The fraction of sp³-hybridized carbons (Fsp3) is 0.250. The van der Waals surface area contributed by atoms with E-state index in [1.807, 2.05) is 19.9 Å². The minimum absolute atomic E-state index is 0.362. The van der Waals surface area contributed by atoms with E-state index < -0.39 is 0 Å². The van der Waals surface area contributed by atoms with Crippen molar-refractivity contribution in [1.82, 2.24) is 9.97 Å². The molecule has 4 nitrogen and oxygen atoms in total. The summed E-state index contributed by atoms with van der Waals surface area (Å²) in [5, 5.41) is 0.739. The van der Waals surface area contributed by atoms with Crippen molar-refractivity contribution in [3.05, 3.63) is 34.5 Å². The van der Waals surface area contributed by atoms with Crippen LogP contribution in [0, 0.1) is 13.8 Å². The number of rotatable bonds is 2. The van der Waals surface area contributed by atoms with Gasteiger partial charge >= 0.3 is 5.97 Å². The average Bonchev–Trinajstić information content (AvgIpc) is 2.77. The Hall–Kier alpha value is -1.75. The van der Waals surface area contributed by atoms with Crippen LogP contribution < -0.4 is 0 Å². The van der Waals surface area contributed by atoms with Crippen molar-refractivity contribution in [2.45, 2.75) is 13.8 Å². The molecule has 0 amide bonds. The summed E-state index contributed by atoms with van der Waals surface area (Å²) >= 11 is 1.29. The number of ether oxygens (including phenoxy) is 1. The average molecular weight is 248 g/mol. The fourth-order valence-electron chi connectivity index (χ4n) is 1.52. The lowest BCUT2D eigenvalue weighted by Crippen LogP contribution is -1.96. The van der Waals surface area contributed by atoms with E-state index in [1.165, 1.54) is 24.6 Å². The number of thiazole rings is 1. The summed E-state index contributed by atoms with van der Waals surface area (Å²) in [5.41, 5.74) is 2.97. The molecule has 0 aliphatic heterocycles. The minimum Gasteiger partial charge on any atom is -0.465 e. The van der Waals surface area contributed by atoms with Gasteiger partial charge in [0.2, 0.25) is 0 Å². The molecule has 2 aromatic rings. The first-order valence-corrected chi connectivity index (χ1v) is 5.91. The highest BCUT2D eigenvalue weighted by Crippen LogP contribution is 2.26. The monoisotopic (exact) mass is 248 g/mol. The van der Waals surface area contributed by atoms with E-state index in [-0.39, 0.29) is 5.97 Å². The molecule has 0 N–H and O–H groups in total. The van der Waals surface area contributed by atoms with Gasteiger partial charge in [-0.3, -0.25) is 4.98 Å². The summed E-state index contributed by atoms with van der Waals surface area (Å²) in [6.07, 6.45) is 3.31. The molecule has 0 aromatic carbocycles. The normalized spacial score (nSPS) is 10.3. The molecule has 0 bridgehead atoms. The SMILES string of the molecule is COC(=O)c1cnc(-c2ncc(C)cc2C)s1. The van der Waals surface area contributed by atoms with Crippen LogP contribution in [0.4, 0.5) is 0 Å². The number of carbonyl (C=O) groups excluding carboxylic acids is 1. The van der Waals surface area contributed by atoms with E-state index in [2.05, 4.69) is 14.7 Å². The zero-order chi connectivity index (χ0) is 12.4. The zero-order valence-corrected chi connectivity index (χ0v) is 10.7. The van der Waals surface area contributed by atoms with Crippen molar-refractivity contribution in [3.63, 3.8) is 0 Å². The second-order valence-electron chi connectivity index (χ2n) is 3.70. The summed E-state index contributed by atoms with van der Waals surface area (Å²) in [6, 6.07) is 2.04. The van der Waals surface area contributed by atoms with Crippen LogP contribution in [0.3, 0.4) is 0 Å². The van der Waals surface area contributed by atoms with Crippen molar-refractivity contribution in [3.8, 4) is 10.7 Å². The highest BCUT2D eigenvalue weighted by molar-refractivity contribution is 7.16. The molecule has 0 aliphatic rings. The van der Waals surface area contributed by atoms with E-state index in [9.17, 15) is 4.79 Å². The first kappa shape index (κ1) is 11.7. The van der Waals surface area contributed by atoms with Gasteiger partial charge < -0.3 is 4.74 Å². The molecule has 2 heterocycles. The standard InChI is InChI=1S/C12H12N2O2S/c1-7-4-8(2)10(13-5-7)11-14-6-9(17-11)12(15)16-3/h4-6H,1-3H3. The molecular formula is C12H12N2O2S. The lowest BCUT2D eigenvalue weighted by atomic mass is 10.2. The van der Waals surface area contributed by atoms with Crippen molar-refractivity contribution in [1.29, 1.82) is 0 Å². The van der Waals surface area contributed by atoms with E-state index in [1.54, 1.807) is 6.20 Å². The smallest absolute Gasteiger partial charge is 0.349 e. The van der Waals surface area contributed by atoms with Gasteiger partial charge in [-0.05, 0) is 25.0 Å². The second kappa shape index (κ2) is 4.63. The third kappa shape index (κ3) is 2.34. The Morgan fingerprint density at radius 1 is 1.29 bits per heavy atom. The van der Waals surface area contributed by atoms with Crippen LogP contribution in [0.5, 0.6) is 0 Å². The van der Waals surface area contributed by atoms with Gasteiger partial charge in [0.05, 0.1) is 13.3 Å². The summed E-state index contributed by atoms with van der Waals surface area (Å²) in [4.78, 5) is 20.4. The molecular weight excluding hydrogens is 236 g/mol. The predicted octanol–water partition coefficient (Wildman–Crippen LogP) is 2.61. The maximum absolute atomic E-state index is 11.3. The molecule has 0 unspecified atom stereocenters. The lowest BCUT2D eigenvalue weighted by Gasteiger charge is -2.01. The van der Waals surface area contributed by atoms with Gasteiger partial charge in [-0.25, -0.2) is 9.78 Å². The van der Waals surface area contributed by atoms with Crippen LogP contribution in [0.1, 0.15) is 20.8 Å². The highest BCUT2D eigenvalue weighted by Gasteiger charge is 2.13. The fourth-order valence-corrected chi connectivity index (χ4v) is 2.41. The van der Waals surface area contributed by atoms with Crippen LogP contribution in [0.15, 0.2) is 18.5 Å². The Morgan fingerprint density at radius 2 is 2.06 bits per heavy atom. The van der Waals surface area contributed by atoms with Crippen LogP contribution in [0.2, 0.25) is 0 Å². The van der Waals surface area contributed by atoms with Gasteiger partial charge in [0.15, 0.2) is 0 Å². The topological polar surface area (TPSA) is 52.1 Å². The Morgan fingerprint density at radius 3 is 2.71 bits per heavy atom. The molecule has 88 valence electrons. The molecule has 2 aromatic heterocycles. The maximum Gasteiger partial charge on any atom is 0.349 e. The number of carbonyl (C=O) groups is 1. The number of esters is 1. The van der Waals surface area contributed by atoms with Crippen LogP contribution in [-0.4, -0.2) is 23.0 Å². The van der Waals surface area contributed by atoms with Crippen molar-refractivity contribution >= 4 is 17.3 Å². The van der Waals surface area contributed by atoms with Crippen LogP contribution >= 0.6 is 11.3 Å². The van der Waals surface area contributed by atoms with Gasteiger partial charge in [-0.15, -0.1) is 11.3 Å². The Kier molecular flexibility index (Phi) is 3.19. The minimum atomic E-state index is -0.362. The Labute approximate surface area is 103 Å². The quantitative estimate of drug-likeness (QED) is 0.766. The number of aromatic nitrogens is 2. The van der Waals surface area contributed by atoms with E-state index in [0.717, 1.165) is 21.8 Å². The third-order valence-corrected chi connectivity index (χ3v) is 3.29. The van der Waals surface area contributed by atoms with Crippen molar-refractivity contribution in [2.24, 2.45) is 0 Å². The number of hydrogen-bond donors (Lipinski definition) is 0.